The van der Waals surface area contributed by atoms with E-state index in [0.29, 0.717) is 43.6 Å². The number of likely N-dealkylation sites (tertiary alicyclic amines) is 1. The second kappa shape index (κ2) is 30.4. The standard InChI is InChI=1S/C49H70N8O5S.C12H22.C3H8/c1-8-54(6)28-34-20-24-55(29-34)45(35-15-10-11-16-35)47(59)53-40(48(60)57-23-13-12-22-51-57)26-43-52-41(30-63-43)36-18-19-42-38(25-36)39(27-49(4,5)31-62-32-58)46(56(42)9-2)37-17-14-21-50-44(37)33(3)61-7;1-5-9(3)12(10(4)6-2)11-7-8-11;1-3-2/h14,17-19,21,25,30,32-35,40,45,51H,8-13,15-16,20,22-24,26-29,31H2,1-7H3,(H,53,59);5,9-12H,1,6-8H2,2-4H3;3H2,1-2H3. The Morgan fingerprint density at radius 1 is 1.00 bits per heavy atom. The van der Waals surface area contributed by atoms with Crippen LogP contribution in [0.1, 0.15) is 162 Å². The Hall–Kier alpha value is -4.47. The summed E-state index contributed by atoms with van der Waals surface area (Å²) in [6.07, 6.45) is 17.6. The number of nitrogens with zero attached hydrogens (tertiary/aromatic N) is 6. The third kappa shape index (κ3) is 16.3. The highest BCUT2D eigenvalue weighted by Gasteiger charge is 2.41. The van der Waals surface area contributed by atoms with Gasteiger partial charge >= 0.3 is 0 Å². The van der Waals surface area contributed by atoms with Crippen LogP contribution < -0.4 is 10.7 Å². The summed E-state index contributed by atoms with van der Waals surface area (Å²) in [7, 11) is 3.88. The number of rotatable bonds is 25. The van der Waals surface area contributed by atoms with Crippen molar-refractivity contribution in [1.82, 2.24) is 40.1 Å². The van der Waals surface area contributed by atoms with E-state index in [2.05, 4.69) is 137 Å². The Balaban J connectivity index is 0.000000570. The van der Waals surface area contributed by atoms with Crippen LogP contribution in [0.2, 0.25) is 0 Å². The number of allylic oxidation sites excluding steroid dienone is 1. The molecule has 3 aromatic heterocycles. The normalized spacial score (nSPS) is 19.5. The zero-order chi connectivity index (χ0) is 56.5. The molecular weight excluding hydrogens is 993 g/mol. The summed E-state index contributed by atoms with van der Waals surface area (Å²) >= 11 is 1.53. The van der Waals surface area contributed by atoms with E-state index >= 15 is 0 Å². The lowest BCUT2D eigenvalue weighted by Crippen LogP contribution is -2.59. The first kappa shape index (κ1) is 62.7. The van der Waals surface area contributed by atoms with Gasteiger partial charge in [0, 0.05) is 85.3 Å². The van der Waals surface area contributed by atoms with Gasteiger partial charge in [-0.25, -0.2) is 10.4 Å². The van der Waals surface area contributed by atoms with Crippen LogP contribution >= 0.6 is 11.3 Å². The molecule has 4 fully saturated rings. The van der Waals surface area contributed by atoms with Gasteiger partial charge in [-0.1, -0.05) is 93.2 Å². The van der Waals surface area contributed by atoms with Crippen molar-refractivity contribution in [2.24, 2.45) is 40.9 Å². The van der Waals surface area contributed by atoms with Gasteiger partial charge in [-0.05, 0) is 151 Å². The lowest BCUT2D eigenvalue weighted by atomic mass is 9.79. The maximum absolute atomic E-state index is 14.7. The molecule has 4 aliphatic rings. The molecule has 2 saturated carbocycles. The van der Waals surface area contributed by atoms with E-state index in [0.717, 1.165) is 152 Å². The van der Waals surface area contributed by atoms with Crippen LogP contribution in [0.4, 0.5) is 0 Å². The van der Waals surface area contributed by atoms with Gasteiger partial charge in [-0.3, -0.25) is 29.3 Å². The molecular formula is C64H100N8O5S. The fraction of sp³-hybridized carbons (Fsp3) is 0.672. The predicted octanol–water partition coefficient (Wildman–Crippen LogP) is 12.6. The van der Waals surface area contributed by atoms with Gasteiger partial charge in [0.1, 0.15) is 6.04 Å². The van der Waals surface area contributed by atoms with E-state index in [1.54, 1.807) is 12.1 Å². The topological polar surface area (TPSA) is 134 Å². The van der Waals surface area contributed by atoms with Crippen LogP contribution in [0, 0.1) is 40.9 Å². The SMILES string of the molecule is C=CC(C)C(C(C)CC)C1CC1.CCC.CCN(C)CC1CCN(C(C(=O)NC(Cc2nc(-c3ccc4c(c3)c(CC(C)(C)COC=O)c(-c3cccnc3C(C)OC)n4CC)cs2)C(=O)N2CCCCN2)C2CCCC2)C1. The molecule has 7 unspecified atom stereocenters. The monoisotopic (exact) mass is 1090 g/mol. The first-order chi connectivity index (χ1) is 37.6. The molecule has 1 aromatic carbocycles. The average molecular weight is 1090 g/mol. The van der Waals surface area contributed by atoms with Gasteiger partial charge < -0.3 is 24.3 Å². The van der Waals surface area contributed by atoms with E-state index in [-0.39, 0.29) is 36.0 Å². The van der Waals surface area contributed by atoms with Crippen LogP contribution in [0.15, 0.2) is 54.6 Å². The van der Waals surface area contributed by atoms with Crippen molar-refractivity contribution in [3.8, 4) is 22.5 Å². The molecule has 432 valence electrons. The number of nitrogens with one attached hydrogen (secondary N) is 2. The first-order valence-electron chi connectivity index (χ1n) is 30.1. The molecule has 2 saturated heterocycles. The summed E-state index contributed by atoms with van der Waals surface area (Å²) in [5.41, 5.74) is 9.91. The highest BCUT2D eigenvalue weighted by atomic mass is 32.1. The molecule has 13 nitrogen and oxygen atoms in total. The van der Waals surface area contributed by atoms with Crippen LogP contribution in [0.25, 0.3) is 33.4 Å². The minimum Gasteiger partial charge on any atom is -0.467 e. The molecule has 5 heterocycles. The van der Waals surface area contributed by atoms with E-state index in [1.165, 1.54) is 37.0 Å². The largest absolute Gasteiger partial charge is 0.467 e. The molecule has 7 atom stereocenters. The smallest absolute Gasteiger partial charge is 0.293 e. The molecule has 0 bridgehead atoms. The van der Waals surface area contributed by atoms with Crippen molar-refractivity contribution in [3.05, 3.63) is 70.8 Å². The Morgan fingerprint density at radius 2 is 1.74 bits per heavy atom. The fourth-order valence-electron chi connectivity index (χ4n) is 12.6. The summed E-state index contributed by atoms with van der Waals surface area (Å²) in [5.74, 6) is 4.23. The molecule has 2 aliphatic carbocycles. The number of pyridine rings is 1. The third-order valence-electron chi connectivity index (χ3n) is 17.1. The zero-order valence-corrected chi connectivity index (χ0v) is 50.9. The minimum absolute atomic E-state index is 0.0223. The van der Waals surface area contributed by atoms with Gasteiger partial charge in [0.05, 0.1) is 40.8 Å². The first-order valence-corrected chi connectivity index (χ1v) is 31.0. The van der Waals surface area contributed by atoms with Gasteiger partial charge in [0.2, 0.25) is 5.91 Å². The van der Waals surface area contributed by atoms with E-state index < -0.39 is 6.04 Å². The Kier molecular flexibility index (Phi) is 24.4. The fourth-order valence-corrected chi connectivity index (χ4v) is 13.4. The quantitative estimate of drug-likeness (QED) is 0.0488. The highest BCUT2D eigenvalue weighted by Crippen LogP contribution is 2.46. The number of aromatic nitrogens is 3. The van der Waals surface area contributed by atoms with Crippen molar-refractivity contribution in [2.75, 3.05) is 60.0 Å². The second-order valence-electron chi connectivity index (χ2n) is 24.0. The third-order valence-corrected chi connectivity index (χ3v) is 18.0. The number of hydrogen-bond donors (Lipinski definition) is 2. The Labute approximate surface area is 474 Å². The summed E-state index contributed by atoms with van der Waals surface area (Å²) in [6, 6.07) is 9.62. The summed E-state index contributed by atoms with van der Waals surface area (Å²) < 4.78 is 13.5. The maximum atomic E-state index is 14.7. The molecule has 78 heavy (non-hydrogen) atoms. The molecule has 4 aromatic rings. The van der Waals surface area contributed by atoms with Crippen molar-refractivity contribution in [1.29, 1.82) is 0 Å². The number of fused-ring (bicyclic) bond motifs is 1. The zero-order valence-electron chi connectivity index (χ0n) is 50.1. The van der Waals surface area contributed by atoms with Crippen LogP contribution in [0.3, 0.4) is 0 Å². The highest BCUT2D eigenvalue weighted by molar-refractivity contribution is 7.10. The Morgan fingerprint density at radius 3 is 2.37 bits per heavy atom. The van der Waals surface area contributed by atoms with E-state index in [4.69, 9.17) is 19.4 Å². The van der Waals surface area contributed by atoms with Crippen LogP contribution in [-0.4, -0.2) is 120 Å². The number of benzene rings is 1. The van der Waals surface area contributed by atoms with Crippen LogP contribution in [-0.2, 0) is 43.2 Å². The van der Waals surface area contributed by atoms with Crippen molar-refractivity contribution < 1.29 is 23.9 Å². The minimum atomic E-state index is -0.746. The molecule has 0 spiro atoms. The number of methoxy groups -OCH3 is 1. The summed E-state index contributed by atoms with van der Waals surface area (Å²) in [5, 5.41) is 9.02. The lowest BCUT2D eigenvalue weighted by Gasteiger charge is -2.35. The van der Waals surface area contributed by atoms with Crippen molar-refractivity contribution >= 4 is 40.5 Å². The number of hydrogen-bond acceptors (Lipinski definition) is 11. The second-order valence-corrected chi connectivity index (χ2v) is 24.9. The lowest BCUT2D eigenvalue weighted by molar-refractivity contribution is -0.141. The number of aryl methyl sites for hydroxylation is 1. The predicted molar refractivity (Wildman–Crippen MR) is 321 cm³/mol. The molecule has 2 amide bonds. The van der Waals surface area contributed by atoms with Crippen molar-refractivity contribution in [3.63, 3.8) is 0 Å². The molecule has 2 aliphatic heterocycles. The van der Waals surface area contributed by atoms with Gasteiger partial charge in [-0.15, -0.1) is 17.9 Å². The maximum Gasteiger partial charge on any atom is 0.293 e. The average Bonchev–Trinajstić information content (AvgIpc) is 3.90. The molecule has 14 heteroatoms. The number of thiazole rings is 1. The molecule has 2 N–H and O–H groups in total. The molecule has 0 radical (unpaired) electrons. The van der Waals surface area contributed by atoms with E-state index in [9.17, 15) is 14.4 Å². The number of carbonyl (C=O) groups is 3. The number of amides is 2. The number of carbonyl (C=O) groups excluding carboxylic acids is 3. The number of hydrazine groups is 1. The Bertz CT molecular complexity index is 2510. The van der Waals surface area contributed by atoms with E-state index in [1.807, 2.05) is 19.2 Å². The van der Waals surface area contributed by atoms with Gasteiger partial charge in [-0.2, -0.15) is 0 Å². The van der Waals surface area contributed by atoms with Gasteiger partial charge in [0.25, 0.3) is 12.4 Å². The summed E-state index contributed by atoms with van der Waals surface area (Å²) in [6.45, 7) is 32.5. The number of ether oxygens (including phenoxy) is 2. The van der Waals surface area contributed by atoms with Gasteiger partial charge in [0.15, 0.2) is 0 Å². The molecule has 8 rings (SSSR count). The van der Waals surface area contributed by atoms with Crippen LogP contribution in [0.5, 0.6) is 0 Å². The summed E-state index contributed by atoms with van der Waals surface area (Å²) in [4.78, 5) is 55.1. The van der Waals surface area contributed by atoms with Crippen molar-refractivity contribution in [2.45, 2.75) is 177 Å².